The van der Waals surface area contributed by atoms with Gasteiger partial charge in [0.2, 0.25) is 5.82 Å². The first kappa shape index (κ1) is 15.0. The average molecular weight is 357 g/mol. The van der Waals surface area contributed by atoms with Crippen molar-refractivity contribution in [2.24, 2.45) is 0 Å². The third-order valence-electron chi connectivity index (χ3n) is 2.58. The Bertz CT molecular complexity index is 737. The standard InChI is InChI=1S/C13H7BrF2N2O3/c14-7-1-3-10(15)9(5-7)13(19)17-8-2-4-12(18(20)21)11(16)6-8/h1-6H,(H,17,19). The van der Waals surface area contributed by atoms with Crippen molar-refractivity contribution in [3.8, 4) is 0 Å². The van der Waals surface area contributed by atoms with Crippen LogP contribution in [0.2, 0.25) is 0 Å². The van der Waals surface area contributed by atoms with E-state index in [9.17, 15) is 23.7 Å². The van der Waals surface area contributed by atoms with E-state index in [1.165, 1.54) is 12.1 Å². The highest BCUT2D eigenvalue weighted by Gasteiger charge is 2.16. The molecule has 2 aromatic carbocycles. The van der Waals surface area contributed by atoms with E-state index in [0.29, 0.717) is 4.47 Å². The van der Waals surface area contributed by atoms with Gasteiger partial charge in [-0.3, -0.25) is 14.9 Å². The van der Waals surface area contributed by atoms with E-state index in [1.54, 1.807) is 0 Å². The second-order valence-electron chi connectivity index (χ2n) is 4.00. The molecule has 108 valence electrons. The lowest BCUT2D eigenvalue weighted by Crippen LogP contribution is -2.14. The Labute approximate surface area is 125 Å². The van der Waals surface area contributed by atoms with Crippen LogP contribution in [0.15, 0.2) is 40.9 Å². The zero-order valence-corrected chi connectivity index (χ0v) is 11.9. The van der Waals surface area contributed by atoms with Crippen LogP contribution in [0.4, 0.5) is 20.2 Å². The van der Waals surface area contributed by atoms with Crippen molar-refractivity contribution in [1.29, 1.82) is 0 Å². The molecule has 0 atom stereocenters. The van der Waals surface area contributed by atoms with Crippen molar-refractivity contribution in [2.45, 2.75) is 0 Å². The van der Waals surface area contributed by atoms with Crippen molar-refractivity contribution in [3.05, 3.63) is 68.2 Å². The van der Waals surface area contributed by atoms with E-state index >= 15 is 0 Å². The third-order valence-corrected chi connectivity index (χ3v) is 3.07. The number of hydrogen-bond donors (Lipinski definition) is 1. The molecular weight excluding hydrogens is 350 g/mol. The van der Waals surface area contributed by atoms with Gasteiger partial charge in [0, 0.05) is 22.3 Å². The summed E-state index contributed by atoms with van der Waals surface area (Å²) in [6.45, 7) is 0. The topological polar surface area (TPSA) is 72.2 Å². The molecule has 21 heavy (non-hydrogen) atoms. The molecule has 0 radical (unpaired) electrons. The lowest BCUT2D eigenvalue weighted by atomic mass is 10.2. The maximum atomic E-state index is 13.5. The third kappa shape index (κ3) is 3.40. The van der Waals surface area contributed by atoms with Crippen LogP contribution in [0.25, 0.3) is 0 Å². The van der Waals surface area contributed by atoms with Crippen LogP contribution in [-0.4, -0.2) is 10.8 Å². The molecule has 0 aliphatic carbocycles. The van der Waals surface area contributed by atoms with Gasteiger partial charge in [-0.1, -0.05) is 15.9 Å². The number of carbonyl (C=O) groups excluding carboxylic acids is 1. The summed E-state index contributed by atoms with van der Waals surface area (Å²) >= 11 is 3.11. The zero-order valence-electron chi connectivity index (χ0n) is 10.3. The molecule has 0 aromatic heterocycles. The highest BCUT2D eigenvalue weighted by molar-refractivity contribution is 9.10. The Morgan fingerprint density at radius 1 is 1.14 bits per heavy atom. The molecule has 0 aliphatic rings. The van der Waals surface area contributed by atoms with Gasteiger partial charge in [-0.05, 0) is 24.3 Å². The first-order valence-corrected chi connectivity index (χ1v) is 6.38. The summed E-state index contributed by atoms with van der Waals surface area (Å²) in [6.07, 6.45) is 0. The number of halogens is 3. The number of benzene rings is 2. The van der Waals surface area contributed by atoms with E-state index in [0.717, 1.165) is 24.3 Å². The van der Waals surface area contributed by atoms with E-state index in [2.05, 4.69) is 21.2 Å². The molecule has 2 rings (SSSR count). The maximum absolute atomic E-state index is 13.5. The minimum absolute atomic E-state index is 0.0116. The van der Waals surface area contributed by atoms with Crippen LogP contribution in [0, 0.1) is 21.7 Å². The minimum atomic E-state index is -1.09. The fourth-order valence-electron chi connectivity index (χ4n) is 1.60. The fourth-order valence-corrected chi connectivity index (χ4v) is 1.96. The highest BCUT2D eigenvalue weighted by atomic mass is 79.9. The van der Waals surface area contributed by atoms with Crippen LogP contribution >= 0.6 is 15.9 Å². The molecule has 1 amide bonds. The molecule has 0 saturated heterocycles. The maximum Gasteiger partial charge on any atom is 0.304 e. The van der Waals surface area contributed by atoms with Gasteiger partial charge in [0.1, 0.15) is 5.82 Å². The first-order chi connectivity index (χ1) is 9.88. The monoisotopic (exact) mass is 356 g/mol. The van der Waals surface area contributed by atoms with Gasteiger partial charge in [0.25, 0.3) is 5.91 Å². The van der Waals surface area contributed by atoms with Crippen LogP contribution in [0.1, 0.15) is 10.4 Å². The summed E-state index contributed by atoms with van der Waals surface area (Å²) in [5.74, 6) is -2.62. The molecule has 1 N–H and O–H groups in total. The van der Waals surface area contributed by atoms with Crippen LogP contribution in [0.5, 0.6) is 0 Å². The van der Waals surface area contributed by atoms with Crippen LogP contribution < -0.4 is 5.32 Å². The number of carbonyl (C=O) groups is 1. The summed E-state index contributed by atoms with van der Waals surface area (Å²) in [5.41, 5.74) is -0.952. The van der Waals surface area contributed by atoms with Crippen molar-refractivity contribution >= 4 is 33.2 Å². The van der Waals surface area contributed by atoms with Crippen LogP contribution in [0.3, 0.4) is 0 Å². The SMILES string of the molecule is O=C(Nc1ccc([N+](=O)[O-])c(F)c1)c1cc(Br)ccc1F. The largest absolute Gasteiger partial charge is 0.322 e. The van der Waals surface area contributed by atoms with Crippen molar-refractivity contribution in [3.63, 3.8) is 0 Å². The summed E-state index contributed by atoms with van der Waals surface area (Å²) in [4.78, 5) is 21.5. The first-order valence-electron chi connectivity index (χ1n) is 5.59. The predicted octanol–water partition coefficient (Wildman–Crippen LogP) is 3.89. The summed E-state index contributed by atoms with van der Waals surface area (Å²) in [6, 6.07) is 6.68. The molecule has 2 aromatic rings. The number of nitro benzene ring substituents is 1. The molecule has 5 nitrogen and oxygen atoms in total. The number of nitrogens with one attached hydrogen (secondary N) is 1. The summed E-state index contributed by atoms with van der Waals surface area (Å²) in [5, 5.41) is 12.8. The Morgan fingerprint density at radius 2 is 1.86 bits per heavy atom. The number of nitro groups is 1. The molecule has 0 bridgehead atoms. The Balaban J connectivity index is 2.26. The lowest BCUT2D eigenvalue weighted by molar-refractivity contribution is -0.387. The van der Waals surface area contributed by atoms with E-state index in [4.69, 9.17) is 0 Å². The lowest BCUT2D eigenvalue weighted by Gasteiger charge is -2.07. The quantitative estimate of drug-likeness (QED) is 0.669. The smallest absolute Gasteiger partial charge is 0.304 e. The highest BCUT2D eigenvalue weighted by Crippen LogP contribution is 2.22. The number of amides is 1. The van der Waals surface area contributed by atoms with Gasteiger partial charge in [0.05, 0.1) is 10.5 Å². The minimum Gasteiger partial charge on any atom is -0.322 e. The number of hydrogen-bond acceptors (Lipinski definition) is 3. The average Bonchev–Trinajstić information content (AvgIpc) is 2.41. The molecule has 0 fully saturated rings. The number of anilines is 1. The summed E-state index contributed by atoms with van der Waals surface area (Å²) < 4.78 is 27.5. The Morgan fingerprint density at radius 3 is 2.48 bits per heavy atom. The second kappa shape index (κ2) is 5.96. The zero-order chi connectivity index (χ0) is 15.6. The van der Waals surface area contributed by atoms with Crippen molar-refractivity contribution in [1.82, 2.24) is 0 Å². The van der Waals surface area contributed by atoms with Gasteiger partial charge in [0.15, 0.2) is 0 Å². The van der Waals surface area contributed by atoms with Crippen molar-refractivity contribution < 1.29 is 18.5 Å². The molecule has 0 heterocycles. The van der Waals surface area contributed by atoms with Gasteiger partial charge >= 0.3 is 5.69 Å². The predicted molar refractivity (Wildman–Crippen MR) is 75.1 cm³/mol. The molecule has 8 heteroatoms. The molecule has 0 unspecified atom stereocenters. The molecule has 0 saturated carbocycles. The van der Waals surface area contributed by atoms with Gasteiger partial charge in [-0.2, -0.15) is 4.39 Å². The Hall–Kier alpha value is -2.35. The van der Waals surface area contributed by atoms with Gasteiger partial charge in [-0.25, -0.2) is 4.39 Å². The van der Waals surface area contributed by atoms with Crippen molar-refractivity contribution in [2.75, 3.05) is 5.32 Å². The van der Waals surface area contributed by atoms with Gasteiger partial charge < -0.3 is 5.32 Å². The normalized spacial score (nSPS) is 10.2. The van der Waals surface area contributed by atoms with Gasteiger partial charge in [-0.15, -0.1) is 0 Å². The van der Waals surface area contributed by atoms with E-state index in [1.807, 2.05) is 0 Å². The van der Waals surface area contributed by atoms with E-state index < -0.39 is 28.2 Å². The molecule has 0 spiro atoms. The Kier molecular flexibility index (Phi) is 4.27. The number of nitrogens with zero attached hydrogens (tertiary/aromatic N) is 1. The summed E-state index contributed by atoms with van der Waals surface area (Å²) in [7, 11) is 0. The molecule has 0 aliphatic heterocycles. The fraction of sp³-hybridized carbons (Fsp3) is 0. The molecular formula is C13H7BrF2N2O3. The van der Waals surface area contributed by atoms with Crippen LogP contribution in [-0.2, 0) is 0 Å². The number of rotatable bonds is 3. The van der Waals surface area contributed by atoms with E-state index in [-0.39, 0.29) is 11.3 Å². The second-order valence-corrected chi connectivity index (χ2v) is 4.92.